The highest BCUT2D eigenvalue weighted by Crippen LogP contribution is 2.42. The van der Waals surface area contributed by atoms with Gasteiger partial charge >= 0.3 is 0 Å². The number of nitrogens with zero attached hydrogens (tertiary/aromatic N) is 1. The van der Waals surface area contributed by atoms with Crippen LogP contribution in [0.25, 0.3) is 0 Å². The molecule has 20 heavy (non-hydrogen) atoms. The topological polar surface area (TPSA) is 63.4 Å². The fourth-order valence-corrected chi connectivity index (χ4v) is 6.28. The Morgan fingerprint density at radius 1 is 1.25 bits per heavy atom. The highest BCUT2D eigenvalue weighted by atomic mass is 32.2. The molecule has 4 nitrogen and oxygen atoms in total. The normalized spacial score (nSPS) is 36.4. The molecular formula is C15H30N2O2S. The molecule has 1 saturated heterocycles. The first-order chi connectivity index (χ1) is 9.45. The van der Waals surface area contributed by atoms with E-state index in [1.807, 2.05) is 0 Å². The predicted molar refractivity (Wildman–Crippen MR) is 83.5 cm³/mol. The van der Waals surface area contributed by atoms with Crippen molar-refractivity contribution in [3.05, 3.63) is 0 Å². The minimum atomic E-state index is -3.03. The molecule has 1 aliphatic heterocycles. The molecule has 0 radical (unpaired) electrons. The molecule has 0 aromatic carbocycles. The van der Waals surface area contributed by atoms with Crippen molar-refractivity contribution >= 4 is 9.84 Å². The van der Waals surface area contributed by atoms with Crippen LogP contribution in [0.1, 0.15) is 58.3 Å². The van der Waals surface area contributed by atoms with Crippen LogP contribution in [-0.4, -0.2) is 49.5 Å². The number of piperidine rings is 1. The number of likely N-dealkylation sites (tertiary alicyclic amines) is 1. The summed E-state index contributed by atoms with van der Waals surface area (Å²) < 4.78 is 24.5. The van der Waals surface area contributed by atoms with Gasteiger partial charge in [-0.15, -0.1) is 0 Å². The van der Waals surface area contributed by atoms with Crippen molar-refractivity contribution in [3.63, 3.8) is 0 Å². The third-order valence-corrected chi connectivity index (χ3v) is 7.07. The molecule has 0 aromatic rings. The molecule has 1 heterocycles. The standard InChI is InChI=1S/C15H30N2O2S/c1-3-7-13-8-4-5-11-17(13)15(12-16)10-6-9-14(15)20(2,18)19/h13-14H,3-12,16H2,1-2H3. The highest BCUT2D eigenvalue weighted by Gasteiger charge is 2.52. The van der Waals surface area contributed by atoms with E-state index in [9.17, 15) is 8.42 Å². The van der Waals surface area contributed by atoms with Gasteiger partial charge in [-0.2, -0.15) is 0 Å². The van der Waals surface area contributed by atoms with E-state index in [0.717, 1.165) is 38.6 Å². The second kappa shape index (κ2) is 6.32. The molecule has 3 atom stereocenters. The quantitative estimate of drug-likeness (QED) is 0.843. The summed E-state index contributed by atoms with van der Waals surface area (Å²) in [5, 5.41) is -0.266. The van der Waals surface area contributed by atoms with E-state index in [0.29, 0.717) is 12.6 Å². The summed E-state index contributed by atoms with van der Waals surface area (Å²) in [6, 6.07) is 0.527. The monoisotopic (exact) mass is 302 g/mol. The lowest BCUT2D eigenvalue weighted by Crippen LogP contribution is -2.64. The van der Waals surface area contributed by atoms with E-state index in [4.69, 9.17) is 5.73 Å². The summed E-state index contributed by atoms with van der Waals surface area (Å²) in [7, 11) is -3.03. The first-order valence-corrected chi connectivity index (χ1v) is 10.1. The molecule has 3 unspecified atom stereocenters. The van der Waals surface area contributed by atoms with Crippen LogP contribution in [0.4, 0.5) is 0 Å². The fourth-order valence-electron chi connectivity index (χ4n) is 4.54. The van der Waals surface area contributed by atoms with Crippen LogP contribution in [0, 0.1) is 0 Å². The van der Waals surface area contributed by atoms with Gasteiger partial charge < -0.3 is 5.73 Å². The second-order valence-corrected chi connectivity index (χ2v) is 8.88. The average molecular weight is 302 g/mol. The number of hydrogen-bond acceptors (Lipinski definition) is 4. The molecular weight excluding hydrogens is 272 g/mol. The maximum atomic E-state index is 12.2. The van der Waals surface area contributed by atoms with Gasteiger partial charge in [-0.3, -0.25) is 4.90 Å². The van der Waals surface area contributed by atoms with E-state index in [-0.39, 0.29) is 10.8 Å². The Hall–Kier alpha value is -0.130. The molecule has 2 fully saturated rings. The molecule has 2 N–H and O–H groups in total. The molecule has 118 valence electrons. The van der Waals surface area contributed by atoms with Crippen LogP contribution in [-0.2, 0) is 9.84 Å². The Bertz CT molecular complexity index is 422. The summed E-state index contributed by atoms with van der Waals surface area (Å²) in [5.41, 5.74) is 5.84. The third kappa shape index (κ3) is 2.90. The Kier molecular flexibility index (Phi) is 5.14. The maximum Gasteiger partial charge on any atom is 0.152 e. The second-order valence-electron chi connectivity index (χ2n) is 6.65. The molecule has 1 aliphatic carbocycles. The van der Waals surface area contributed by atoms with E-state index < -0.39 is 9.84 Å². The molecule has 5 heteroatoms. The SMILES string of the molecule is CCCC1CCCCN1C1(CN)CCCC1S(C)(=O)=O. The Balaban J connectivity index is 2.32. The maximum absolute atomic E-state index is 12.2. The Morgan fingerprint density at radius 3 is 2.60 bits per heavy atom. The molecule has 0 bridgehead atoms. The molecule has 0 amide bonds. The van der Waals surface area contributed by atoms with Gasteiger partial charge in [-0.05, 0) is 38.6 Å². The molecule has 0 spiro atoms. The van der Waals surface area contributed by atoms with Crippen molar-refractivity contribution < 1.29 is 8.42 Å². The van der Waals surface area contributed by atoms with Gasteiger partial charge in [0.2, 0.25) is 0 Å². The van der Waals surface area contributed by atoms with Gasteiger partial charge in [0.25, 0.3) is 0 Å². The lowest BCUT2D eigenvalue weighted by Gasteiger charge is -2.50. The van der Waals surface area contributed by atoms with E-state index >= 15 is 0 Å². The van der Waals surface area contributed by atoms with Gasteiger partial charge in [0.15, 0.2) is 9.84 Å². The van der Waals surface area contributed by atoms with Crippen molar-refractivity contribution in [3.8, 4) is 0 Å². The Morgan fingerprint density at radius 2 is 2.00 bits per heavy atom. The van der Waals surface area contributed by atoms with Crippen LogP contribution in [0.2, 0.25) is 0 Å². The number of nitrogens with two attached hydrogens (primary N) is 1. The number of rotatable bonds is 5. The van der Waals surface area contributed by atoms with Gasteiger partial charge in [-0.25, -0.2) is 8.42 Å². The summed E-state index contributed by atoms with van der Waals surface area (Å²) in [6.07, 6.45) is 10.1. The molecule has 2 rings (SSSR count). The molecule has 0 aromatic heterocycles. The fraction of sp³-hybridized carbons (Fsp3) is 1.00. The van der Waals surface area contributed by atoms with Gasteiger partial charge in [0.1, 0.15) is 0 Å². The van der Waals surface area contributed by atoms with Crippen molar-refractivity contribution in [1.29, 1.82) is 0 Å². The summed E-state index contributed by atoms with van der Waals surface area (Å²) in [4.78, 5) is 2.50. The zero-order valence-corrected chi connectivity index (χ0v) is 13.8. The predicted octanol–water partition coefficient (Wildman–Crippen LogP) is 1.94. The minimum absolute atomic E-state index is 0.266. The first-order valence-electron chi connectivity index (χ1n) is 8.11. The van der Waals surface area contributed by atoms with Crippen LogP contribution in [0.15, 0.2) is 0 Å². The smallest absolute Gasteiger partial charge is 0.152 e. The van der Waals surface area contributed by atoms with E-state index in [2.05, 4.69) is 11.8 Å². The summed E-state index contributed by atoms with van der Waals surface area (Å²) >= 11 is 0. The van der Waals surface area contributed by atoms with Gasteiger partial charge in [0.05, 0.1) is 10.8 Å². The average Bonchev–Trinajstić information content (AvgIpc) is 2.85. The van der Waals surface area contributed by atoms with Crippen LogP contribution in [0.3, 0.4) is 0 Å². The van der Waals surface area contributed by atoms with Gasteiger partial charge in [0, 0.05) is 18.8 Å². The summed E-state index contributed by atoms with van der Waals surface area (Å²) in [5.74, 6) is 0. The number of sulfone groups is 1. The number of hydrogen-bond donors (Lipinski definition) is 1. The lowest BCUT2D eigenvalue weighted by molar-refractivity contribution is 0.0235. The van der Waals surface area contributed by atoms with Crippen LogP contribution < -0.4 is 5.73 Å². The van der Waals surface area contributed by atoms with Gasteiger partial charge in [-0.1, -0.05) is 26.2 Å². The highest BCUT2D eigenvalue weighted by molar-refractivity contribution is 7.91. The zero-order chi connectivity index (χ0) is 14.8. The largest absolute Gasteiger partial charge is 0.329 e. The summed E-state index contributed by atoms with van der Waals surface area (Å²) in [6.45, 7) is 3.71. The van der Waals surface area contributed by atoms with Crippen molar-refractivity contribution in [1.82, 2.24) is 4.90 Å². The molecule has 1 saturated carbocycles. The van der Waals surface area contributed by atoms with Crippen LogP contribution in [0.5, 0.6) is 0 Å². The van der Waals surface area contributed by atoms with Crippen molar-refractivity contribution in [2.24, 2.45) is 5.73 Å². The van der Waals surface area contributed by atoms with Crippen molar-refractivity contribution in [2.75, 3.05) is 19.3 Å². The van der Waals surface area contributed by atoms with E-state index in [1.54, 1.807) is 0 Å². The Labute approximate surface area is 124 Å². The van der Waals surface area contributed by atoms with E-state index in [1.165, 1.54) is 25.5 Å². The minimum Gasteiger partial charge on any atom is -0.329 e. The van der Waals surface area contributed by atoms with Crippen LogP contribution >= 0.6 is 0 Å². The third-order valence-electron chi connectivity index (χ3n) is 5.37. The zero-order valence-electron chi connectivity index (χ0n) is 13.0. The lowest BCUT2D eigenvalue weighted by atomic mass is 9.87. The first kappa shape index (κ1) is 16.2. The molecule has 2 aliphatic rings. The van der Waals surface area contributed by atoms with Crippen molar-refractivity contribution in [2.45, 2.75) is 75.1 Å².